The average molecular weight is 509 g/mol. The van der Waals surface area contributed by atoms with E-state index in [0.717, 1.165) is 4.31 Å². The number of carboxylic acids is 1. The van der Waals surface area contributed by atoms with E-state index in [1.807, 2.05) is 6.92 Å². The number of benzene rings is 3. The van der Waals surface area contributed by atoms with Crippen LogP contribution in [0.15, 0.2) is 59.5 Å². The van der Waals surface area contributed by atoms with Crippen LogP contribution in [0.2, 0.25) is 10.0 Å². The Labute approximate surface area is 201 Å². The third kappa shape index (κ3) is 5.24. The lowest BCUT2D eigenvalue weighted by Crippen LogP contribution is -2.45. The van der Waals surface area contributed by atoms with E-state index in [4.69, 9.17) is 28.9 Å². The molecule has 0 aliphatic heterocycles. The molecule has 3 rings (SSSR count). The summed E-state index contributed by atoms with van der Waals surface area (Å²) in [5.41, 5.74) is 5.85. The predicted octanol–water partition coefficient (Wildman–Crippen LogP) is 5.08. The number of carbonyl (C=O) groups is 2. The van der Waals surface area contributed by atoms with Crippen molar-refractivity contribution in [2.24, 2.45) is 5.73 Å². The van der Waals surface area contributed by atoms with E-state index in [1.54, 1.807) is 24.3 Å². The van der Waals surface area contributed by atoms with Gasteiger partial charge in [-0.1, -0.05) is 61.2 Å². The highest BCUT2D eigenvalue weighted by molar-refractivity contribution is 7.93. The third-order valence-corrected chi connectivity index (χ3v) is 7.43. The molecule has 0 aromatic heterocycles. The maximum Gasteiger partial charge on any atom is 0.327 e. The van der Waals surface area contributed by atoms with Gasteiger partial charge in [-0.15, -0.1) is 0 Å². The summed E-state index contributed by atoms with van der Waals surface area (Å²) in [5.74, 6) is -1.91. The van der Waals surface area contributed by atoms with Gasteiger partial charge < -0.3 is 10.8 Å². The van der Waals surface area contributed by atoms with Crippen molar-refractivity contribution in [3.63, 3.8) is 0 Å². The minimum absolute atomic E-state index is 0.0960. The molecule has 0 saturated heterocycles. The van der Waals surface area contributed by atoms with Crippen LogP contribution in [0.1, 0.15) is 36.5 Å². The van der Waals surface area contributed by atoms with Gasteiger partial charge in [0.2, 0.25) is 5.91 Å². The number of amides is 1. The molecule has 7 nitrogen and oxygen atoms in total. The number of primary amides is 1. The van der Waals surface area contributed by atoms with Gasteiger partial charge in [0.15, 0.2) is 0 Å². The number of carbonyl (C=O) groups excluding carboxylic acids is 1. The van der Waals surface area contributed by atoms with E-state index in [2.05, 4.69) is 0 Å². The molecule has 174 valence electrons. The SMILES string of the molecule is CCCCC(C(=O)O)N(c1ccc2c(C(N)=O)cccc2c1)S(=O)(=O)c1cc(Cl)cc(Cl)c1. The molecule has 0 fully saturated rings. The first-order chi connectivity index (χ1) is 15.6. The van der Waals surface area contributed by atoms with Gasteiger partial charge in [0.1, 0.15) is 6.04 Å². The van der Waals surface area contributed by atoms with Gasteiger partial charge in [-0.2, -0.15) is 0 Å². The van der Waals surface area contributed by atoms with E-state index in [9.17, 15) is 23.1 Å². The summed E-state index contributed by atoms with van der Waals surface area (Å²) >= 11 is 12.1. The van der Waals surface area contributed by atoms with Crippen molar-refractivity contribution < 1.29 is 23.1 Å². The van der Waals surface area contributed by atoms with Crippen molar-refractivity contribution in [2.45, 2.75) is 37.1 Å². The lowest BCUT2D eigenvalue weighted by atomic mass is 10.0. The number of halogens is 2. The zero-order valence-corrected chi connectivity index (χ0v) is 20.0. The van der Waals surface area contributed by atoms with Crippen molar-refractivity contribution in [3.8, 4) is 0 Å². The molecule has 0 heterocycles. The first-order valence-electron chi connectivity index (χ1n) is 10.1. The number of aliphatic carboxylic acids is 1. The van der Waals surface area contributed by atoms with Crippen LogP contribution in [0.4, 0.5) is 5.69 Å². The third-order valence-electron chi connectivity index (χ3n) is 5.18. The molecule has 1 unspecified atom stereocenters. The number of fused-ring (bicyclic) bond motifs is 1. The van der Waals surface area contributed by atoms with Crippen LogP contribution in [-0.2, 0) is 14.8 Å². The molecule has 0 radical (unpaired) electrons. The number of sulfonamides is 1. The molecule has 0 aliphatic carbocycles. The lowest BCUT2D eigenvalue weighted by molar-refractivity contribution is -0.138. The van der Waals surface area contributed by atoms with Gasteiger partial charge in [-0.25, -0.2) is 13.2 Å². The maximum absolute atomic E-state index is 13.7. The number of hydrogen-bond donors (Lipinski definition) is 2. The molecule has 10 heteroatoms. The number of rotatable bonds is 9. The van der Waals surface area contributed by atoms with Gasteiger partial charge in [-0.05, 0) is 53.6 Å². The van der Waals surface area contributed by atoms with Gasteiger partial charge in [-0.3, -0.25) is 9.10 Å². The summed E-state index contributed by atoms with van der Waals surface area (Å²) in [6, 6.07) is 11.9. The van der Waals surface area contributed by atoms with Crippen LogP contribution in [-0.4, -0.2) is 31.4 Å². The Morgan fingerprint density at radius 2 is 1.73 bits per heavy atom. The number of nitrogens with zero attached hydrogens (tertiary/aromatic N) is 1. The largest absolute Gasteiger partial charge is 0.480 e. The number of unbranched alkanes of at least 4 members (excludes halogenated alkanes) is 1. The molecule has 3 aromatic carbocycles. The number of hydrogen-bond acceptors (Lipinski definition) is 4. The van der Waals surface area contributed by atoms with Crippen molar-refractivity contribution >= 4 is 61.6 Å². The Bertz CT molecular complexity index is 1310. The Morgan fingerprint density at radius 3 is 2.30 bits per heavy atom. The minimum Gasteiger partial charge on any atom is -0.480 e. The van der Waals surface area contributed by atoms with Crippen LogP contribution in [0, 0.1) is 0 Å². The quantitative estimate of drug-likeness (QED) is 0.417. The molecular formula is C23H22Cl2N2O5S. The van der Waals surface area contributed by atoms with Gasteiger partial charge in [0, 0.05) is 15.6 Å². The second-order valence-electron chi connectivity index (χ2n) is 7.48. The fourth-order valence-electron chi connectivity index (χ4n) is 3.64. The van der Waals surface area contributed by atoms with Crippen LogP contribution >= 0.6 is 23.2 Å². The molecular weight excluding hydrogens is 487 g/mol. The van der Waals surface area contributed by atoms with E-state index in [1.165, 1.54) is 30.3 Å². The second-order valence-corrected chi connectivity index (χ2v) is 10.2. The van der Waals surface area contributed by atoms with Gasteiger partial charge >= 0.3 is 5.97 Å². The predicted molar refractivity (Wildman–Crippen MR) is 130 cm³/mol. The highest BCUT2D eigenvalue weighted by Crippen LogP contribution is 2.33. The Balaban J connectivity index is 2.27. The lowest BCUT2D eigenvalue weighted by Gasteiger charge is -2.30. The molecule has 1 atom stereocenters. The number of carboxylic acid groups (broad SMARTS) is 1. The van der Waals surface area contributed by atoms with Crippen molar-refractivity contribution in [3.05, 3.63) is 70.2 Å². The smallest absolute Gasteiger partial charge is 0.327 e. The van der Waals surface area contributed by atoms with Crippen molar-refractivity contribution in [2.75, 3.05) is 4.31 Å². The zero-order chi connectivity index (χ0) is 24.3. The topological polar surface area (TPSA) is 118 Å². The molecule has 0 saturated carbocycles. The molecule has 33 heavy (non-hydrogen) atoms. The number of anilines is 1. The normalized spacial score (nSPS) is 12.5. The summed E-state index contributed by atoms with van der Waals surface area (Å²) in [6.07, 6.45) is 1.28. The Morgan fingerprint density at radius 1 is 1.06 bits per heavy atom. The fourth-order valence-corrected chi connectivity index (χ4v) is 5.99. The molecule has 1 amide bonds. The summed E-state index contributed by atoms with van der Waals surface area (Å²) in [6.45, 7) is 1.88. The first-order valence-corrected chi connectivity index (χ1v) is 12.3. The summed E-state index contributed by atoms with van der Waals surface area (Å²) in [5, 5.41) is 11.2. The highest BCUT2D eigenvalue weighted by Gasteiger charge is 2.36. The van der Waals surface area contributed by atoms with Crippen molar-refractivity contribution in [1.29, 1.82) is 0 Å². The molecule has 3 aromatic rings. The maximum atomic E-state index is 13.7. The summed E-state index contributed by atoms with van der Waals surface area (Å²) in [4.78, 5) is 23.8. The van der Waals surface area contributed by atoms with Crippen LogP contribution in [0.25, 0.3) is 10.8 Å². The number of nitrogens with two attached hydrogens (primary N) is 1. The Hall–Kier alpha value is -2.81. The van der Waals surface area contributed by atoms with Crippen LogP contribution < -0.4 is 10.0 Å². The molecule has 0 bridgehead atoms. The summed E-state index contributed by atoms with van der Waals surface area (Å²) in [7, 11) is -4.38. The van der Waals surface area contributed by atoms with Gasteiger partial charge in [0.25, 0.3) is 10.0 Å². The minimum atomic E-state index is -4.38. The fraction of sp³-hybridized carbons (Fsp3) is 0.217. The molecule has 3 N–H and O–H groups in total. The first kappa shape index (κ1) is 24.8. The summed E-state index contributed by atoms with van der Waals surface area (Å²) < 4.78 is 28.3. The van der Waals surface area contributed by atoms with Crippen molar-refractivity contribution in [1.82, 2.24) is 0 Å². The van der Waals surface area contributed by atoms with Gasteiger partial charge in [0.05, 0.1) is 10.6 Å². The molecule has 0 aliphatic rings. The van der Waals surface area contributed by atoms with Crippen LogP contribution in [0.5, 0.6) is 0 Å². The second kappa shape index (κ2) is 9.99. The zero-order valence-electron chi connectivity index (χ0n) is 17.7. The van der Waals surface area contributed by atoms with E-state index in [0.29, 0.717) is 23.6 Å². The average Bonchev–Trinajstić information content (AvgIpc) is 2.74. The Kier molecular flexibility index (Phi) is 7.51. The van der Waals surface area contributed by atoms with E-state index in [-0.39, 0.29) is 32.6 Å². The highest BCUT2D eigenvalue weighted by atomic mass is 35.5. The monoisotopic (exact) mass is 508 g/mol. The van der Waals surface area contributed by atoms with E-state index >= 15 is 0 Å². The van der Waals surface area contributed by atoms with Crippen LogP contribution in [0.3, 0.4) is 0 Å². The van der Waals surface area contributed by atoms with E-state index < -0.39 is 27.9 Å². The molecule has 0 spiro atoms. The standard InChI is InChI=1S/C23H22Cl2N2O5S/c1-2-3-7-21(23(29)30)27(33(31,32)18-12-15(24)11-16(25)13-18)17-8-9-19-14(10-17)5-4-6-20(19)22(26)28/h4-6,8-13,21H,2-3,7H2,1H3,(H2,26,28)(H,29,30).